The summed E-state index contributed by atoms with van der Waals surface area (Å²) < 4.78 is 1.33. The molecule has 1 aromatic carbocycles. The number of carboxylic acid groups (broad SMARTS) is 1. The number of carbonyl (C=O) groups excluding carboxylic acids is 1. The van der Waals surface area contributed by atoms with Crippen LogP contribution in [0.1, 0.15) is 38.4 Å². The minimum Gasteiger partial charge on any atom is -0.478 e. The Bertz CT molecular complexity index is 764. The van der Waals surface area contributed by atoms with E-state index >= 15 is 0 Å². The van der Waals surface area contributed by atoms with Gasteiger partial charge in [0.25, 0.3) is 5.91 Å². The highest BCUT2D eigenvalue weighted by molar-refractivity contribution is 6.11. The van der Waals surface area contributed by atoms with E-state index in [0.29, 0.717) is 6.54 Å². The maximum atomic E-state index is 12.9. The van der Waals surface area contributed by atoms with Gasteiger partial charge in [-0.15, -0.1) is 0 Å². The molecule has 0 fully saturated rings. The van der Waals surface area contributed by atoms with Crippen molar-refractivity contribution in [3.8, 4) is 0 Å². The van der Waals surface area contributed by atoms with Crippen LogP contribution in [-0.4, -0.2) is 33.3 Å². The van der Waals surface area contributed by atoms with Gasteiger partial charge in [-0.2, -0.15) is 5.10 Å². The number of para-hydroxylation sites is 1. The first-order chi connectivity index (χ1) is 10.5. The average molecular weight is 299 g/mol. The van der Waals surface area contributed by atoms with Crippen LogP contribution in [-0.2, 0) is 13.5 Å². The van der Waals surface area contributed by atoms with E-state index in [9.17, 15) is 14.7 Å². The van der Waals surface area contributed by atoms with Gasteiger partial charge in [0.1, 0.15) is 11.3 Å². The number of hydrogen-bond donors (Lipinski definition) is 1. The first-order valence-electron chi connectivity index (χ1n) is 7.16. The van der Waals surface area contributed by atoms with Crippen LogP contribution >= 0.6 is 0 Å². The molecule has 0 spiro atoms. The summed E-state index contributed by atoms with van der Waals surface area (Å²) in [5, 5.41) is 13.2. The van der Waals surface area contributed by atoms with Crippen LogP contribution in [0.4, 0.5) is 5.69 Å². The second-order valence-electron chi connectivity index (χ2n) is 5.48. The number of hydrogen-bond acceptors (Lipinski definition) is 3. The van der Waals surface area contributed by atoms with Crippen LogP contribution in [0, 0.1) is 6.92 Å². The number of nitrogens with zero attached hydrogens (tertiary/aromatic N) is 3. The normalized spacial score (nSPS) is 13.8. The van der Waals surface area contributed by atoms with Gasteiger partial charge >= 0.3 is 5.97 Å². The quantitative estimate of drug-likeness (QED) is 0.920. The SMILES string of the molecule is Cc1cccc2c1N(C(=O)c1c(C(=O)O)cnn1C)CCC2. The number of anilines is 1. The average Bonchev–Trinajstić information content (AvgIpc) is 2.88. The molecule has 0 saturated heterocycles. The van der Waals surface area contributed by atoms with Crippen LogP contribution in [0.3, 0.4) is 0 Å². The van der Waals surface area contributed by atoms with Crippen molar-refractivity contribution in [2.45, 2.75) is 19.8 Å². The van der Waals surface area contributed by atoms with Gasteiger partial charge in [0.05, 0.1) is 11.9 Å². The molecular weight excluding hydrogens is 282 g/mol. The Labute approximate surface area is 128 Å². The number of benzene rings is 1. The third-order valence-corrected chi connectivity index (χ3v) is 4.04. The molecule has 0 saturated carbocycles. The zero-order valence-corrected chi connectivity index (χ0v) is 12.5. The number of aromatic carboxylic acids is 1. The standard InChI is InChI=1S/C16H17N3O3/c1-10-5-3-6-11-7-4-8-19(13(10)11)15(20)14-12(16(21)22)9-17-18(14)2/h3,5-6,9H,4,7-8H2,1-2H3,(H,21,22). The molecule has 1 N–H and O–H groups in total. The fourth-order valence-corrected chi connectivity index (χ4v) is 3.03. The van der Waals surface area contributed by atoms with E-state index in [-0.39, 0.29) is 17.2 Å². The topological polar surface area (TPSA) is 75.4 Å². The Kier molecular flexibility index (Phi) is 3.44. The van der Waals surface area contributed by atoms with E-state index in [1.54, 1.807) is 11.9 Å². The second-order valence-corrected chi connectivity index (χ2v) is 5.48. The van der Waals surface area contributed by atoms with Gasteiger partial charge in [-0.25, -0.2) is 4.79 Å². The van der Waals surface area contributed by atoms with Gasteiger partial charge in [0, 0.05) is 13.6 Å². The van der Waals surface area contributed by atoms with Gasteiger partial charge in [0.2, 0.25) is 0 Å². The fourth-order valence-electron chi connectivity index (χ4n) is 3.03. The molecule has 0 atom stereocenters. The van der Waals surface area contributed by atoms with E-state index in [1.165, 1.54) is 10.9 Å². The van der Waals surface area contributed by atoms with Crippen molar-refractivity contribution in [3.63, 3.8) is 0 Å². The second kappa shape index (κ2) is 5.29. The highest BCUT2D eigenvalue weighted by Crippen LogP contribution is 2.31. The molecule has 1 amide bonds. The Morgan fingerprint density at radius 3 is 2.82 bits per heavy atom. The molecule has 0 unspecified atom stereocenters. The van der Waals surface area contributed by atoms with Crippen molar-refractivity contribution >= 4 is 17.6 Å². The predicted octanol–water partition coefficient (Wildman–Crippen LogP) is 2.02. The van der Waals surface area contributed by atoms with Crippen molar-refractivity contribution in [1.29, 1.82) is 0 Å². The number of aryl methyl sites for hydroxylation is 3. The molecule has 0 bridgehead atoms. The lowest BCUT2D eigenvalue weighted by molar-refractivity contribution is 0.0691. The third kappa shape index (κ3) is 2.16. The molecule has 0 radical (unpaired) electrons. The lowest BCUT2D eigenvalue weighted by atomic mass is 9.97. The van der Waals surface area contributed by atoms with E-state index in [4.69, 9.17) is 0 Å². The highest BCUT2D eigenvalue weighted by Gasteiger charge is 2.30. The minimum atomic E-state index is -1.14. The monoisotopic (exact) mass is 299 g/mol. The first kappa shape index (κ1) is 14.3. The van der Waals surface area contributed by atoms with Crippen molar-refractivity contribution in [2.75, 3.05) is 11.4 Å². The first-order valence-corrected chi connectivity index (χ1v) is 7.16. The van der Waals surface area contributed by atoms with Crippen molar-refractivity contribution in [3.05, 3.63) is 46.8 Å². The predicted molar refractivity (Wildman–Crippen MR) is 81.3 cm³/mol. The Balaban J connectivity index is 2.09. The number of carbonyl (C=O) groups is 2. The van der Waals surface area contributed by atoms with Gasteiger partial charge < -0.3 is 10.0 Å². The largest absolute Gasteiger partial charge is 0.478 e. The minimum absolute atomic E-state index is 0.0618. The lowest BCUT2D eigenvalue weighted by Crippen LogP contribution is -2.37. The van der Waals surface area contributed by atoms with Crippen LogP contribution in [0.25, 0.3) is 0 Å². The lowest BCUT2D eigenvalue weighted by Gasteiger charge is -2.31. The highest BCUT2D eigenvalue weighted by atomic mass is 16.4. The molecule has 2 heterocycles. The number of carboxylic acids is 1. The third-order valence-electron chi connectivity index (χ3n) is 4.04. The molecule has 2 aromatic rings. The number of aromatic nitrogens is 2. The molecule has 114 valence electrons. The van der Waals surface area contributed by atoms with Gasteiger partial charge in [-0.1, -0.05) is 18.2 Å². The molecule has 6 nitrogen and oxygen atoms in total. The Morgan fingerprint density at radius 1 is 1.32 bits per heavy atom. The summed E-state index contributed by atoms with van der Waals surface area (Å²) in [6.07, 6.45) is 3.01. The molecule has 6 heteroatoms. The molecule has 22 heavy (non-hydrogen) atoms. The molecule has 1 aliphatic rings. The van der Waals surface area contributed by atoms with E-state index in [0.717, 1.165) is 29.7 Å². The van der Waals surface area contributed by atoms with E-state index in [2.05, 4.69) is 5.10 Å². The Hall–Kier alpha value is -2.63. The maximum absolute atomic E-state index is 12.9. The maximum Gasteiger partial charge on any atom is 0.339 e. The van der Waals surface area contributed by atoms with Gasteiger partial charge in [-0.05, 0) is 30.9 Å². The number of fused-ring (bicyclic) bond motifs is 1. The van der Waals surface area contributed by atoms with Crippen LogP contribution in [0.5, 0.6) is 0 Å². The zero-order valence-electron chi connectivity index (χ0n) is 12.5. The van der Waals surface area contributed by atoms with Gasteiger partial charge in [0.15, 0.2) is 0 Å². The van der Waals surface area contributed by atoms with Gasteiger partial charge in [-0.3, -0.25) is 9.48 Å². The summed E-state index contributed by atoms with van der Waals surface area (Å²) in [5.74, 6) is -1.45. The van der Waals surface area contributed by atoms with Crippen LogP contribution < -0.4 is 4.90 Å². The summed E-state index contributed by atoms with van der Waals surface area (Å²) in [6.45, 7) is 2.55. The van der Waals surface area contributed by atoms with E-state index in [1.807, 2.05) is 25.1 Å². The zero-order chi connectivity index (χ0) is 15.9. The van der Waals surface area contributed by atoms with Crippen LogP contribution in [0.2, 0.25) is 0 Å². The van der Waals surface area contributed by atoms with Crippen molar-refractivity contribution in [1.82, 2.24) is 9.78 Å². The Morgan fingerprint density at radius 2 is 2.09 bits per heavy atom. The summed E-state index contributed by atoms with van der Waals surface area (Å²) >= 11 is 0. The number of rotatable bonds is 2. The molecule has 1 aliphatic heterocycles. The number of amides is 1. The summed E-state index contributed by atoms with van der Waals surface area (Å²) in [7, 11) is 1.59. The molecular formula is C16H17N3O3. The van der Waals surface area contributed by atoms with Crippen molar-refractivity contribution in [2.24, 2.45) is 7.05 Å². The summed E-state index contributed by atoms with van der Waals surface area (Å²) in [4.78, 5) is 25.9. The fraction of sp³-hybridized carbons (Fsp3) is 0.312. The summed E-state index contributed by atoms with van der Waals surface area (Å²) in [5.41, 5.74) is 3.09. The van der Waals surface area contributed by atoms with E-state index < -0.39 is 5.97 Å². The summed E-state index contributed by atoms with van der Waals surface area (Å²) in [6, 6.07) is 5.96. The van der Waals surface area contributed by atoms with Crippen molar-refractivity contribution < 1.29 is 14.7 Å². The molecule has 0 aliphatic carbocycles. The smallest absolute Gasteiger partial charge is 0.339 e. The van der Waals surface area contributed by atoms with Crippen LogP contribution in [0.15, 0.2) is 24.4 Å². The molecule has 1 aromatic heterocycles. The molecule has 3 rings (SSSR count).